The average Bonchev–Trinajstić information content (AvgIpc) is 2.55. The van der Waals surface area contributed by atoms with Crippen LogP contribution < -0.4 is 9.47 Å². The zero-order chi connectivity index (χ0) is 15.9. The first-order valence-corrected chi connectivity index (χ1v) is 6.91. The number of methoxy groups -OCH3 is 2. The Kier molecular flexibility index (Phi) is 5.18. The van der Waals surface area contributed by atoms with E-state index in [2.05, 4.69) is 5.73 Å². The zero-order valence-electron chi connectivity index (χ0n) is 12.9. The van der Waals surface area contributed by atoms with Gasteiger partial charge in [-0.3, -0.25) is 4.79 Å². The van der Waals surface area contributed by atoms with Crippen molar-refractivity contribution in [1.29, 1.82) is 0 Å². The second-order valence-electron chi connectivity index (χ2n) is 4.67. The van der Waals surface area contributed by atoms with Gasteiger partial charge in [-0.1, -0.05) is 24.3 Å². The molecular weight excluding hydrogens is 276 g/mol. The highest BCUT2D eigenvalue weighted by Crippen LogP contribution is 2.34. The predicted octanol–water partition coefficient (Wildman–Crippen LogP) is 3.88. The van der Waals surface area contributed by atoms with E-state index in [1.165, 1.54) is 13.0 Å². The highest BCUT2D eigenvalue weighted by molar-refractivity contribution is 5.91. The van der Waals surface area contributed by atoms with Crippen molar-refractivity contribution in [2.24, 2.45) is 0 Å². The van der Waals surface area contributed by atoms with Gasteiger partial charge in [-0.05, 0) is 31.2 Å². The van der Waals surface area contributed by atoms with E-state index >= 15 is 0 Å². The van der Waals surface area contributed by atoms with E-state index in [9.17, 15) is 4.79 Å². The first kappa shape index (κ1) is 15.6. The van der Waals surface area contributed by atoms with Crippen LogP contribution in [0.4, 0.5) is 0 Å². The van der Waals surface area contributed by atoms with Crippen molar-refractivity contribution >= 4 is 11.4 Å². The van der Waals surface area contributed by atoms with E-state index in [-0.39, 0.29) is 5.78 Å². The van der Waals surface area contributed by atoms with Gasteiger partial charge in [-0.25, -0.2) is 0 Å². The fraction of sp³-hybridized carbons (Fsp3) is 0.158. The average molecular weight is 294 g/mol. The number of hydrogen-bond donors (Lipinski definition) is 0. The third-order valence-corrected chi connectivity index (χ3v) is 3.17. The lowest BCUT2D eigenvalue weighted by atomic mass is 9.97. The standard InChI is InChI=1S/C19H18O3/c1-14(20)12-13-15(16-8-4-6-10-18(16)21-2)17-9-5-7-11-19(17)22-3/h4-12H,1-3H3. The summed E-state index contributed by atoms with van der Waals surface area (Å²) in [5.41, 5.74) is 5.55. The van der Waals surface area contributed by atoms with Crippen molar-refractivity contribution in [2.75, 3.05) is 14.2 Å². The van der Waals surface area contributed by atoms with Crippen molar-refractivity contribution < 1.29 is 14.3 Å². The van der Waals surface area contributed by atoms with Gasteiger partial charge in [-0.2, -0.15) is 0 Å². The number of carbonyl (C=O) groups excluding carboxylic acids is 1. The molecule has 3 heteroatoms. The number of rotatable bonds is 5. The molecule has 2 aromatic rings. The quantitative estimate of drug-likeness (QED) is 0.620. The second-order valence-corrected chi connectivity index (χ2v) is 4.67. The summed E-state index contributed by atoms with van der Waals surface area (Å²) in [7, 11) is 3.24. The molecule has 0 saturated carbocycles. The van der Waals surface area contributed by atoms with Gasteiger partial charge in [0.2, 0.25) is 0 Å². The molecule has 0 bridgehead atoms. The lowest BCUT2D eigenvalue weighted by Crippen LogP contribution is -1.96. The molecular formula is C19H18O3. The Balaban J connectivity index is 2.73. The number of para-hydroxylation sites is 2. The van der Waals surface area contributed by atoms with E-state index in [1.54, 1.807) is 14.2 Å². The summed E-state index contributed by atoms with van der Waals surface area (Å²) in [5, 5.41) is 0. The van der Waals surface area contributed by atoms with E-state index in [4.69, 9.17) is 9.47 Å². The predicted molar refractivity (Wildman–Crippen MR) is 87.3 cm³/mol. The zero-order valence-corrected chi connectivity index (χ0v) is 12.9. The summed E-state index contributed by atoms with van der Waals surface area (Å²) >= 11 is 0. The van der Waals surface area contributed by atoms with Gasteiger partial charge < -0.3 is 9.47 Å². The summed E-state index contributed by atoms with van der Waals surface area (Å²) in [5.74, 6) is 1.36. The van der Waals surface area contributed by atoms with Crippen LogP contribution in [0.3, 0.4) is 0 Å². The Morgan fingerprint density at radius 3 is 1.77 bits per heavy atom. The molecule has 0 atom stereocenters. The molecule has 0 unspecified atom stereocenters. The van der Waals surface area contributed by atoms with Crippen molar-refractivity contribution in [3.8, 4) is 11.5 Å². The van der Waals surface area contributed by atoms with Crippen LogP contribution in [0.25, 0.3) is 5.57 Å². The van der Waals surface area contributed by atoms with E-state index in [0.29, 0.717) is 11.5 Å². The summed E-state index contributed by atoms with van der Waals surface area (Å²) < 4.78 is 10.9. The molecule has 0 aliphatic heterocycles. The maximum atomic E-state index is 11.3. The number of benzene rings is 2. The van der Waals surface area contributed by atoms with Crippen LogP contribution in [-0.4, -0.2) is 20.0 Å². The number of hydrogen-bond acceptors (Lipinski definition) is 3. The monoisotopic (exact) mass is 294 g/mol. The Morgan fingerprint density at radius 1 is 0.909 bits per heavy atom. The van der Waals surface area contributed by atoms with E-state index in [1.807, 2.05) is 48.5 Å². The normalized spacial score (nSPS) is 9.59. The molecule has 0 amide bonds. The Morgan fingerprint density at radius 2 is 1.36 bits per heavy atom. The molecule has 0 heterocycles. The lowest BCUT2D eigenvalue weighted by Gasteiger charge is -2.13. The van der Waals surface area contributed by atoms with Crippen LogP contribution in [0.5, 0.6) is 11.5 Å². The van der Waals surface area contributed by atoms with Crippen LogP contribution in [0.2, 0.25) is 0 Å². The first-order valence-electron chi connectivity index (χ1n) is 6.91. The van der Waals surface area contributed by atoms with Crippen molar-refractivity contribution in [3.63, 3.8) is 0 Å². The van der Waals surface area contributed by atoms with Crippen LogP contribution in [0.1, 0.15) is 18.1 Å². The fourth-order valence-electron chi connectivity index (χ4n) is 2.18. The second kappa shape index (κ2) is 7.30. The molecule has 0 spiro atoms. The van der Waals surface area contributed by atoms with Crippen LogP contribution >= 0.6 is 0 Å². The minimum Gasteiger partial charge on any atom is -0.496 e. The van der Waals surface area contributed by atoms with Gasteiger partial charge >= 0.3 is 0 Å². The lowest BCUT2D eigenvalue weighted by molar-refractivity contribution is -0.112. The molecule has 0 aromatic heterocycles. The summed E-state index contributed by atoms with van der Waals surface area (Å²) in [6, 6.07) is 15.3. The molecule has 0 N–H and O–H groups in total. The van der Waals surface area contributed by atoms with Gasteiger partial charge in [0.25, 0.3) is 0 Å². The Hall–Kier alpha value is -2.77. The third-order valence-electron chi connectivity index (χ3n) is 3.17. The van der Waals surface area contributed by atoms with Crippen LogP contribution in [0, 0.1) is 0 Å². The SMILES string of the molecule is COc1ccccc1C(=C=CC(C)=O)c1ccccc1OC. The van der Waals surface area contributed by atoms with Gasteiger partial charge in [0.05, 0.1) is 14.2 Å². The molecule has 0 aliphatic carbocycles. The van der Waals surface area contributed by atoms with Gasteiger partial charge in [0, 0.05) is 22.8 Å². The topological polar surface area (TPSA) is 35.5 Å². The van der Waals surface area contributed by atoms with Crippen LogP contribution in [-0.2, 0) is 4.79 Å². The molecule has 0 saturated heterocycles. The molecule has 2 rings (SSSR count). The van der Waals surface area contributed by atoms with Gasteiger partial charge in [-0.15, -0.1) is 5.73 Å². The highest BCUT2D eigenvalue weighted by atomic mass is 16.5. The minimum absolute atomic E-state index is 0.0673. The summed E-state index contributed by atoms with van der Waals surface area (Å²) in [4.78, 5) is 11.3. The highest BCUT2D eigenvalue weighted by Gasteiger charge is 2.13. The van der Waals surface area contributed by atoms with Crippen molar-refractivity contribution in [2.45, 2.75) is 6.92 Å². The Labute approximate surface area is 130 Å². The van der Waals surface area contributed by atoms with E-state index < -0.39 is 0 Å². The third kappa shape index (κ3) is 3.46. The van der Waals surface area contributed by atoms with Crippen molar-refractivity contribution in [1.82, 2.24) is 0 Å². The van der Waals surface area contributed by atoms with Crippen molar-refractivity contribution in [3.05, 3.63) is 71.5 Å². The minimum atomic E-state index is -0.0673. The first-order chi connectivity index (χ1) is 10.7. The summed E-state index contributed by atoms with van der Waals surface area (Å²) in [6.07, 6.45) is 1.42. The molecule has 0 fully saturated rings. The molecule has 2 aromatic carbocycles. The maximum Gasteiger partial charge on any atom is 0.160 e. The molecule has 0 radical (unpaired) electrons. The number of carbonyl (C=O) groups is 1. The smallest absolute Gasteiger partial charge is 0.160 e. The van der Waals surface area contributed by atoms with E-state index in [0.717, 1.165) is 16.7 Å². The molecule has 0 aliphatic rings. The van der Waals surface area contributed by atoms with Gasteiger partial charge in [0.15, 0.2) is 5.78 Å². The fourth-order valence-corrected chi connectivity index (χ4v) is 2.18. The Bertz CT molecular complexity index is 688. The molecule has 112 valence electrons. The number of allylic oxidation sites excluding steroid dienone is 1. The molecule has 3 nitrogen and oxygen atoms in total. The van der Waals surface area contributed by atoms with Gasteiger partial charge in [0.1, 0.15) is 11.5 Å². The van der Waals surface area contributed by atoms with Crippen LogP contribution in [0.15, 0.2) is 60.3 Å². The maximum absolute atomic E-state index is 11.3. The summed E-state index contributed by atoms with van der Waals surface area (Å²) in [6.45, 7) is 1.50. The molecule has 22 heavy (non-hydrogen) atoms. The number of ketones is 1. The largest absolute Gasteiger partial charge is 0.496 e. The number of ether oxygens (including phenoxy) is 2.